The molecule has 45 valence electrons. The Kier molecular flexibility index (Phi) is 12.1. The van der Waals surface area contributed by atoms with Gasteiger partial charge in [0.1, 0.15) is 7.28 Å². The molecule has 0 spiro atoms. The van der Waals surface area contributed by atoms with Crippen LogP contribution in [0.3, 0.4) is 0 Å². The van der Waals surface area contributed by atoms with E-state index in [2.05, 4.69) is 19.4 Å². The molecule has 0 aromatic heterocycles. The van der Waals surface area contributed by atoms with E-state index >= 15 is 0 Å². The van der Waals surface area contributed by atoms with Gasteiger partial charge in [0.05, 0.1) is 0 Å². The van der Waals surface area contributed by atoms with E-state index in [1.54, 1.807) is 0 Å². The summed E-state index contributed by atoms with van der Waals surface area (Å²) in [6.07, 6.45) is 0. The molecule has 0 fully saturated rings. The first-order valence-electron chi connectivity index (χ1n) is 2.78. The summed E-state index contributed by atoms with van der Waals surface area (Å²) in [5.41, 5.74) is 1.28. The maximum atomic E-state index is 2.08. The Morgan fingerprint density at radius 1 is 1.00 bits per heavy atom. The first kappa shape index (κ1) is 14.0. The second-order valence-electron chi connectivity index (χ2n) is 1.70. The van der Waals surface area contributed by atoms with Crippen LogP contribution in [-0.4, -0.2) is 7.28 Å². The van der Waals surface area contributed by atoms with Crippen LogP contribution < -0.4 is 5.46 Å². The fraction of sp³-hybridized carbons (Fsp3) is 0.143. The van der Waals surface area contributed by atoms with Gasteiger partial charge in [-0.05, 0) is 0 Å². The van der Waals surface area contributed by atoms with Gasteiger partial charge >= 0.3 is 0 Å². The average Bonchev–Trinajstić information content (AvgIpc) is 1.90. The second kappa shape index (κ2) is 8.59. The minimum Gasteiger partial charge on any atom is -0.0881 e. The molecule has 1 rings (SSSR count). The summed E-state index contributed by atoms with van der Waals surface area (Å²) >= 11 is 0. The standard InChI is InChI=1S/C7H8B.2Y/c1-8-7-5-3-2-4-6-7;;/h2-6H,1H3;;. The van der Waals surface area contributed by atoms with Gasteiger partial charge in [-0.25, -0.2) is 0 Å². The molecule has 0 N–H and O–H groups in total. The Morgan fingerprint density at radius 2 is 1.50 bits per heavy atom. The third-order valence-corrected chi connectivity index (χ3v) is 1.13. The van der Waals surface area contributed by atoms with Crippen molar-refractivity contribution in [3.8, 4) is 0 Å². The Labute approximate surface area is 114 Å². The van der Waals surface area contributed by atoms with E-state index in [1.165, 1.54) is 5.46 Å². The summed E-state index contributed by atoms with van der Waals surface area (Å²) in [4.78, 5) is 0. The smallest absolute Gasteiger partial charge is 0.0881 e. The van der Waals surface area contributed by atoms with Gasteiger partial charge in [0, 0.05) is 65.4 Å². The first-order valence-corrected chi connectivity index (χ1v) is 2.78. The minimum atomic E-state index is 0. The minimum absolute atomic E-state index is 0. The second-order valence-corrected chi connectivity index (χ2v) is 1.70. The molecule has 0 unspecified atom stereocenters. The van der Waals surface area contributed by atoms with Crippen LogP contribution in [0.1, 0.15) is 0 Å². The molecule has 0 amide bonds. The summed E-state index contributed by atoms with van der Waals surface area (Å²) in [7, 11) is 2.08. The van der Waals surface area contributed by atoms with Crippen molar-refractivity contribution in [1.82, 2.24) is 0 Å². The maximum absolute atomic E-state index is 2.08. The van der Waals surface area contributed by atoms with E-state index < -0.39 is 0 Å². The molecule has 0 atom stereocenters. The third-order valence-electron chi connectivity index (χ3n) is 1.13. The predicted octanol–water partition coefficient (Wildman–Crippen LogP) is 1.06. The summed E-state index contributed by atoms with van der Waals surface area (Å²) in [5.74, 6) is 0. The predicted molar refractivity (Wildman–Crippen MR) is 37.7 cm³/mol. The van der Waals surface area contributed by atoms with Crippen molar-refractivity contribution < 1.29 is 65.4 Å². The van der Waals surface area contributed by atoms with Crippen molar-refractivity contribution >= 4 is 12.7 Å². The van der Waals surface area contributed by atoms with E-state index in [0.29, 0.717) is 0 Å². The SMILES string of the molecule is C[B]c1ccccc1.[Y].[Y]. The van der Waals surface area contributed by atoms with Crippen LogP contribution in [0.5, 0.6) is 0 Å². The number of rotatable bonds is 1. The van der Waals surface area contributed by atoms with Crippen molar-refractivity contribution in [3.05, 3.63) is 30.3 Å². The number of hydrogen-bond donors (Lipinski definition) is 0. The van der Waals surface area contributed by atoms with E-state index in [0.717, 1.165) is 0 Å². The molecule has 1 aromatic rings. The molecule has 0 nitrogen and oxygen atoms in total. The molecular weight excluding hydrogens is 273 g/mol. The van der Waals surface area contributed by atoms with Gasteiger partial charge in [-0.1, -0.05) is 42.6 Å². The van der Waals surface area contributed by atoms with Crippen LogP contribution in [0.2, 0.25) is 6.82 Å². The number of hydrogen-bond acceptors (Lipinski definition) is 0. The molecule has 3 heteroatoms. The van der Waals surface area contributed by atoms with Crippen LogP contribution in [0, 0.1) is 0 Å². The zero-order valence-corrected chi connectivity index (χ0v) is 11.8. The van der Waals surface area contributed by atoms with E-state index in [-0.39, 0.29) is 65.4 Å². The fourth-order valence-electron chi connectivity index (χ4n) is 0.645. The van der Waals surface area contributed by atoms with Crippen LogP contribution in [0.25, 0.3) is 0 Å². The molecule has 0 aliphatic rings. The monoisotopic (exact) mass is 281 g/mol. The molecule has 3 radical (unpaired) electrons. The van der Waals surface area contributed by atoms with Crippen LogP contribution in [0.4, 0.5) is 0 Å². The molecule has 10 heavy (non-hydrogen) atoms. The van der Waals surface area contributed by atoms with Gasteiger partial charge in [-0.15, -0.1) is 0 Å². The van der Waals surface area contributed by atoms with E-state index in [9.17, 15) is 0 Å². The first-order chi connectivity index (χ1) is 3.93. The van der Waals surface area contributed by atoms with Crippen molar-refractivity contribution in [2.75, 3.05) is 0 Å². The largest absolute Gasteiger partial charge is 0.148 e. The summed E-state index contributed by atoms with van der Waals surface area (Å²) < 4.78 is 0. The quantitative estimate of drug-likeness (QED) is 0.675. The van der Waals surface area contributed by atoms with Gasteiger partial charge in [-0.3, -0.25) is 0 Å². The molecule has 0 aliphatic carbocycles. The van der Waals surface area contributed by atoms with Crippen molar-refractivity contribution in [3.63, 3.8) is 0 Å². The zero-order chi connectivity index (χ0) is 5.82. The third kappa shape index (κ3) is 5.18. The van der Waals surface area contributed by atoms with Gasteiger partial charge in [0.2, 0.25) is 0 Å². The fourth-order valence-corrected chi connectivity index (χ4v) is 0.645. The van der Waals surface area contributed by atoms with E-state index in [1.807, 2.05) is 25.0 Å². The van der Waals surface area contributed by atoms with Gasteiger partial charge in [0.25, 0.3) is 0 Å². The maximum Gasteiger partial charge on any atom is 0.148 e. The Hall–Kier alpha value is 1.49. The molecular formula is C7H8BY2. The molecule has 0 saturated carbocycles. The summed E-state index contributed by atoms with van der Waals surface area (Å²) in [6, 6.07) is 10.3. The van der Waals surface area contributed by atoms with Crippen molar-refractivity contribution in [2.45, 2.75) is 6.82 Å². The van der Waals surface area contributed by atoms with Gasteiger partial charge < -0.3 is 0 Å². The molecule has 0 heterocycles. The summed E-state index contributed by atoms with van der Waals surface area (Å²) in [6.45, 7) is 2.04. The molecule has 0 aliphatic heterocycles. The average molecular weight is 281 g/mol. The Balaban J connectivity index is 0. The Bertz CT molecular complexity index is 153. The van der Waals surface area contributed by atoms with Crippen molar-refractivity contribution in [2.24, 2.45) is 0 Å². The molecule has 1 aromatic carbocycles. The normalized spacial score (nSPS) is 6.90. The van der Waals surface area contributed by atoms with Gasteiger partial charge in [0.15, 0.2) is 0 Å². The molecule has 0 bridgehead atoms. The topological polar surface area (TPSA) is 0 Å². The summed E-state index contributed by atoms with van der Waals surface area (Å²) in [5, 5.41) is 0. The Morgan fingerprint density at radius 3 is 1.80 bits per heavy atom. The van der Waals surface area contributed by atoms with Crippen molar-refractivity contribution in [1.29, 1.82) is 0 Å². The van der Waals surface area contributed by atoms with Crippen LogP contribution in [0.15, 0.2) is 30.3 Å². The van der Waals surface area contributed by atoms with E-state index in [4.69, 9.17) is 0 Å². The molecule has 0 saturated heterocycles. The van der Waals surface area contributed by atoms with Crippen LogP contribution >= 0.6 is 0 Å². The van der Waals surface area contributed by atoms with Gasteiger partial charge in [-0.2, -0.15) is 0 Å². The zero-order valence-electron chi connectivity index (χ0n) is 6.12. The van der Waals surface area contributed by atoms with Crippen LogP contribution in [-0.2, 0) is 65.4 Å². The number of benzene rings is 1.